The van der Waals surface area contributed by atoms with Crippen molar-refractivity contribution in [2.45, 2.75) is 19.9 Å². The standard InChI is InChI=1S/C18H22N4O/c1-3-13-6-5-9-16(11-13)22-18(19)21-12-14-7-4-8-15(10-14)17(23)20-2/h4-11H,3,12H2,1-2H3,(H,20,23)(H3,19,21,22). The van der Waals surface area contributed by atoms with Crippen molar-refractivity contribution >= 4 is 17.6 Å². The van der Waals surface area contributed by atoms with Crippen LogP contribution in [0.1, 0.15) is 28.4 Å². The van der Waals surface area contributed by atoms with Gasteiger partial charge in [0.1, 0.15) is 0 Å². The van der Waals surface area contributed by atoms with E-state index in [-0.39, 0.29) is 5.91 Å². The number of rotatable bonds is 5. The van der Waals surface area contributed by atoms with Gasteiger partial charge in [-0.2, -0.15) is 0 Å². The number of hydrogen-bond acceptors (Lipinski definition) is 2. The summed E-state index contributed by atoms with van der Waals surface area (Å²) < 4.78 is 0. The third kappa shape index (κ3) is 4.85. The number of aryl methyl sites for hydroxylation is 1. The van der Waals surface area contributed by atoms with Gasteiger partial charge in [0.05, 0.1) is 6.54 Å². The molecular weight excluding hydrogens is 288 g/mol. The first-order valence-electron chi connectivity index (χ1n) is 7.59. The monoisotopic (exact) mass is 310 g/mol. The van der Waals surface area contributed by atoms with Gasteiger partial charge < -0.3 is 16.4 Å². The van der Waals surface area contributed by atoms with Crippen molar-refractivity contribution < 1.29 is 4.79 Å². The third-order valence-corrected chi connectivity index (χ3v) is 3.46. The number of nitrogens with two attached hydrogens (primary N) is 1. The Hall–Kier alpha value is -2.82. The zero-order chi connectivity index (χ0) is 16.7. The van der Waals surface area contributed by atoms with E-state index < -0.39 is 0 Å². The number of benzene rings is 2. The SMILES string of the molecule is CCc1cccc(NC(N)=NCc2cccc(C(=O)NC)c2)c1. The Morgan fingerprint density at radius 2 is 1.87 bits per heavy atom. The summed E-state index contributed by atoms with van der Waals surface area (Å²) in [5.41, 5.74) is 9.63. The molecule has 0 bridgehead atoms. The summed E-state index contributed by atoms with van der Waals surface area (Å²) in [6.07, 6.45) is 0.971. The number of nitrogens with one attached hydrogen (secondary N) is 2. The van der Waals surface area contributed by atoms with Crippen LogP contribution in [0.3, 0.4) is 0 Å². The van der Waals surface area contributed by atoms with Gasteiger partial charge >= 0.3 is 0 Å². The number of carbonyl (C=O) groups is 1. The second-order valence-electron chi connectivity index (χ2n) is 5.16. The minimum atomic E-state index is -0.113. The quantitative estimate of drug-likeness (QED) is 0.586. The van der Waals surface area contributed by atoms with Crippen LogP contribution in [0.5, 0.6) is 0 Å². The molecule has 4 N–H and O–H groups in total. The molecule has 0 aliphatic heterocycles. The molecular formula is C18H22N4O. The maximum atomic E-state index is 11.6. The summed E-state index contributed by atoms with van der Waals surface area (Å²) in [4.78, 5) is 15.9. The van der Waals surface area contributed by atoms with E-state index >= 15 is 0 Å². The molecule has 0 aliphatic carbocycles. The minimum Gasteiger partial charge on any atom is -0.370 e. The fourth-order valence-electron chi connectivity index (χ4n) is 2.19. The van der Waals surface area contributed by atoms with E-state index in [1.54, 1.807) is 13.1 Å². The number of amides is 1. The minimum absolute atomic E-state index is 0.113. The molecule has 0 saturated heterocycles. The van der Waals surface area contributed by atoms with Gasteiger partial charge in [-0.1, -0.05) is 31.2 Å². The molecule has 0 radical (unpaired) electrons. The number of nitrogens with zero attached hydrogens (tertiary/aromatic N) is 1. The summed E-state index contributed by atoms with van der Waals surface area (Å²) in [7, 11) is 1.61. The molecule has 0 saturated carbocycles. The Balaban J connectivity index is 2.03. The first-order chi connectivity index (χ1) is 11.1. The van der Waals surface area contributed by atoms with Gasteiger partial charge in [-0.3, -0.25) is 4.79 Å². The van der Waals surface area contributed by atoms with E-state index in [0.717, 1.165) is 17.7 Å². The Bertz CT molecular complexity index is 710. The highest BCUT2D eigenvalue weighted by molar-refractivity contribution is 5.94. The largest absolute Gasteiger partial charge is 0.370 e. The van der Waals surface area contributed by atoms with Crippen LogP contribution in [0.25, 0.3) is 0 Å². The van der Waals surface area contributed by atoms with Crippen molar-refractivity contribution in [1.29, 1.82) is 0 Å². The summed E-state index contributed by atoms with van der Waals surface area (Å²) in [5, 5.41) is 5.69. The molecule has 2 rings (SSSR count). The Labute approximate surface area is 136 Å². The molecule has 0 atom stereocenters. The maximum absolute atomic E-state index is 11.6. The molecule has 0 spiro atoms. The fraction of sp³-hybridized carbons (Fsp3) is 0.222. The molecule has 2 aromatic rings. The average Bonchev–Trinajstić information content (AvgIpc) is 2.59. The van der Waals surface area contributed by atoms with Crippen LogP contribution >= 0.6 is 0 Å². The van der Waals surface area contributed by atoms with Crippen LogP contribution < -0.4 is 16.4 Å². The van der Waals surface area contributed by atoms with Crippen LogP contribution in [0.4, 0.5) is 5.69 Å². The van der Waals surface area contributed by atoms with Crippen LogP contribution in [-0.2, 0) is 13.0 Å². The summed E-state index contributed by atoms with van der Waals surface area (Å²) in [6.45, 7) is 2.52. The molecule has 5 nitrogen and oxygen atoms in total. The molecule has 0 aliphatic rings. The smallest absolute Gasteiger partial charge is 0.251 e. The summed E-state index contributed by atoms with van der Waals surface area (Å²) in [5.74, 6) is 0.238. The highest BCUT2D eigenvalue weighted by atomic mass is 16.1. The highest BCUT2D eigenvalue weighted by Gasteiger charge is 2.03. The van der Waals surface area contributed by atoms with Crippen molar-refractivity contribution in [2.75, 3.05) is 12.4 Å². The van der Waals surface area contributed by atoms with Gasteiger partial charge in [0, 0.05) is 18.3 Å². The molecule has 23 heavy (non-hydrogen) atoms. The first-order valence-corrected chi connectivity index (χ1v) is 7.59. The average molecular weight is 310 g/mol. The zero-order valence-corrected chi connectivity index (χ0v) is 13.5. The zero-order valence-electron chi connectivity index (χ0n) is 13.5. The molecule has 120 valence electrons. The summed E-state index contributed by atoms with van der Waals surface area (Å²) in [6, 6.07) is 15.4. The second kappa shape index (κ2) is 7.98. The van der Waals surface area contributed by atoms with Gasteiger partial charge in [-0.15, -0.1) is 0 Å². The van der Waals surface area contributed by atoms with Crippen LogP contribution in [-0.4, -0.2) is 18.9 Å². The highest BCUT2D eigenvalue weighted by Crippen LogP contribution is 2.11. The number of guanidine groups is 1. The van der Waals surface area contributed by atoms with E-state index in [1.165, 1.54) is 5.56 Å². The van der Waals surface area contributed by atoms with E-state index in [0.29, 0.717) is 18.1 Å². The maximum Gasteiger partial charge on any atom is 0.251 e. The van der Waals surface area contributed by atoms with Crippen LogP contribution in [0.2, 0.25) is 0 Å². The molecule has 5 heteroatoms. The molecule has 2 aromatic carbocycles. The first kappa shape index (κ1) is 16.5. The molecule has 0 fully saturated rings. The predicted molar refractivity (Wildman–Crippen MR) is 94.6 cm³/mol. The van der Waals surface area contributed by atoms with Crippen molar-refractivity contribution in [3.8, 4) is 0 Å². The number of hydrogen-bond donors (Lipinski definition) is 3. The van der Waals surface area contributed by atoms with Gasteiger partial charge in [0.2, 0.25) is 0 Å². The van der Waals surface area contributed by atoms with Crippen molar-refractivity contribution in [2.24, 2.45) is 10.7 Å². The van der Waals surface area contributed by atoms with Crippen molar-refractivity contribution in [1.82, 2.24) is 5.32 Å². The Kier molecular flexibility index (Phi) is 5.74. The van der Waals surface area contributed by atoms with Gasteiger partial charge in [-0.25, -0.2) is 4.99 Å². The summed E-state index contributed by atoms with van der Waals surface area (Å²) >= 11 is 0. The molecule has 1 amide bonds. The van der Waals surface area contributed by atoms with E-state index in [1.807, 2.05) is 30.3 Å². The predicted octanol–water partition coefficient (Wildman–Crippen LogP) is 2.54. The normalized spacial score (nSPS) is 11.1. The number of carbonyl (C=O) groups excluding carboxylic acids is 1. The van der Waals surface area contributed by atoms with Crippen LogP contribution in [0, 0.1) is 0 Å². The second-order valence-corrected chi connectivity index (χ2v) is 5.16. The van der Waals surface area contributed by atoms with Crippen molar-refractivity contribution in [3.05, 3.63) is 65.2 Å². The van der Waals surface area contributed by atoms with E-state index in [9.17, 15) is 4.79 Å². The van der Waals surface area contributed by atoms with Gasteiger partial charge in [-0.05, 0) is 41.8 Å². The lowest BCUT2D eigenvalue weighted by molar-refractivity contribution is 0.0963. The number of aliphatic imine (C=N–C) groups is 1. The lowest BCUT2D eigenvalue weighted by Gasteiger charge is -2.07. The molecule has 0 aromatic heterocycles. The van der Waals surface area contributed by atoms with Crippen LogP contribution in [0.15, 0.2) is 53.5 Å². The Morgan fingerprint density at radius 3 is 2.61 bits per heavy atom. The third-order valence-electron chi connectivity index (χ3n) is 3.46. The van der Waals surface area contributed by atoms with E-state index in [4.69, 9.17) is 5.73 Å². The fourth-order valence-corrected chi connectivity index (χ4v) is 2.19. The lowest BCUT2D eigenvalue weighted by atomic mass is 10.1. The van der Waals surface area contributed by atoms with E-state index in [2.05, 4.69) is 34.7 Å². The number of anilines is 1. The molecule has 0 heterocycles. The van der Waals surface area contributed by atoms with Gasteiger partial charge in [0.25, 0.3) is 5.91 Å². The lowest BCUT2D eigenvalue weighted by Crippen LogP contribution is -2.22. The topological polar surface area (TPSA) is 79.5 Å². The van der Waals surface area contributed by atoms with Gasteiger partial charge in [0.15, 0.2) is 5.96 Å². The molecule has 0 unspecified atom stereocenters. The van der Waals surface area contributed by atoms with Crippen molar-refractivity contribution in [3.63, 3.8) is 0 Å². The Morgan fingerprint density at radius 1 is 1.13 bits per heavy atom.